The zero-order valence-electron chi connectivity index (χ0n) is 50.6. The molecule has 0 aromatic carbocycles. The number of aliphatic hydroxyl groups excluding tert-OH is 1. The maximum absolute atomic E-state index is 13.0. The lowest BCUT2D eigenvalue weighted by Crippen LogP contribution is -2.45. The van der Waals surface area contributed by atoms with Gasteiger partial charge in [0.2, 0.25) is 5.91 Å². The van der Waals surface area contributed by atoms with Crippen LogP contribution in [0.2, 0.25) is 0 Å². The van der Waals surface area contributed by atoms with Crippen molar-refractivity contribution < 1.29 is 32.9 Å². The SMILES string of the molecule is CCCCCCCCCCCCCCCCCCCCCCCCCCCCCCC/C=C/C(O)C(COP(=O)(O)OCC[N+](C)(C)C)NC(=O)CCCCCCCCCCCCCCCCCCCCCCC. The van der Waals surface area contributed by atoms with Crippen LogP contribution in [0.4, 0.5) is 0 Å². The molecule has 0 saturated heterocycles. The number of aliphatic hydroxyl groups is 1. The van der Waals surface area contributed by atoms with Crippen molar-refractivity contribution in [2.45, 2.75) is 360 Å². The smallest absolute Gasteiger partial charge is 0.387 e. The Balaban J connectivity index is 4.05. The largest absolute Gasteiger partial charge is 0.472 e. The van der Waals surface area contributed by atoms with Gasteiger partial charge < -0.3 is 19.8 Å². The normalized spacial score (nSPS) is 13.8. The Morgan fingerprint density at radius 1 is 0.446 bits per heavy atom. The van der Waals surface area contributed by atoms with Crippen LogP contribution >= 0.6 is 7.82 Å². The summed E-state index contributed by atoms with van der Waals surface area (Å²) >= 11 is 0. The molecule has 8 nitrogen and oxygen atoms in total. The number of hydrogen-bond donors (Lipinski definition) is 3. The summed E-state index contributed by atoms with van der Waals surface area (Å²) in [6.07, 6.45) is 72.0. The number of rotatable bonds is 62. The predicted molar refractivity (Wildman–Crippen MR) is 323 cm³/mol. The van der Waals surface area contributed by atoms with Crippen molar-refractivity contribution in [2.24, 2.45) is 0 Å². The summed E-state index contributed by atoms with van der Waals surface area (Å²) in [5.41, 5.74) is 0. The number of unbranched alkanes of at least 4 members (excludes halogenated alkanes) is 49. The highest BCUT2D eigenvalue weighted by Crippen LogP contribution is 2.43. The van der Waals surface area contributed by atoms with Crippen LogP contribution in [0.25, 0.3) is 0 Å². The molecule has 0 aliphatic carbocycles. The fraction of sp³-hybridized carbons (Fsp3) is 0.954. The number of nitrogens with one attached hydrogen (secondary N) is 1. The van der Waals surface area contributed by atoms with E-state index in [9.17, 15) is 19.4 Å². The van der Waals surface area contributed by atoms with Crippen LogP contribution in [0.15, 0.2) is 12.2 Å². The molecule has 0 fully saturated rings. The van der Waals surface area contributed by atoms with Gasteiger partial charge in [-0.1, -0.05) is 334 Å². The minimum Gasteiger partial charge on any atom is -0.387 e. The molecule has 0 bridgehead atoms. The number of nitrogens with zero attached hydrogens (tertiary/aromatic N) is 1. The minimum atomic E-state index is -4.35. The van der Waals surface area contributed by atoms with Gasteiger partial charge in [-0.2, -0.15) is 0 Å². The Morgan fingerprint density at radius 3 is 1.00 bits per heavy atom. The molecular formula is C65H132N2O6P+. The summed E-state index contributed by atoms with van der Waals surface area (Å²) in [7, 11) is 1.59. The number of carbonyl (C=O) groups excluding carboxylic acids is 1. The third-order valence-electron chi connectivity index (χ3n) is 15.5. The molecule has 0 heterocycles. The second-order valence-corrected chi connectivity index (χ2v) is 25.7. The van der Waals surface area contributed by atoms with E-state index in [1.807, 2.05) is 27.2 Å². The molecular weight excluding hydrogens is 936 g/mol. The lowest BCUT2D eigenvalue weighted by atomic mass is 10.0. The van der Waals surface area contributed by atoms with Crippen molar-refractivity contribution >= 4 is 13.7 Å². The van der Waals surface area contributed by atoms with E-state index in [1.165, 1.54) is 295 Å². The van der Waals surface area contributed by atoms with Crippen LogP contribution in [0.5, 0.6) is 0 Å². The van der Waals surface area contributed by atoms with Gasteiger partial charge in [0, 0.05) is 6.42 Å². The molecule has 3 N–H and O–H groups in total. The molecule has 442 valence electrons. The summed E-state index contributed by atoms with van der Waals surface area (Å²) in [6.45, 7) is 4.88. The van der Waals surface area contributed by atoms with Crippen molar-refractivity contribution in [3.8, 4) is 0 Å². The standard InChI is InChI=1S/C65H131N2O6P/c1-6-8-10-12-14-16-18-20-22-24-26-28-29-30-31-32-33-34-35-36-37-39-40-42-44-46-48-50-52-54-56-58-64(68)63(62-73-74(70,71)72-61-60-67(3,4)5)66-65(69)59-57-55-53-51-49-47-45-43-41-38-27-25-23-21-19-17-15-13-11-9-7-2/h56,58,63-64,68H,6-55,57,59-62H2,1-5H3,(H-,66,69,70,71)/p+1/b58-56+. The summed E-state index contributed by atoms with van der Waals surface area (Å²) in [6, 6.07) is -0.843. The van der Waals surface area contributed by atoms with E-state index in [1.54, 1.807) is 6.08 Å². The number of carbonyl (C=O) groups is 1. The number of allylic oxidation sites excluding steroid dienone is 1. The van der Waals surface area contributed by atoms with E-state index in [4.69, 9.17) is 9.05 Å². The second-order valence-electron chi connectivity index (χ2n) is 24.2. The van der Waals surface area contributed by atoms with E-state index in [0.717, 1.165) is 32.1 Å². The minimum absolute atomic E-state index is 0.0654. The highest BCUT2D eigenvalue weighted by molar-refractivity contribution is 7.47. The molecule has 1 amide bonds. The maximum atomic E-state index is 13.0. The van der Waals surface area contributed by atoms with E-state index in [2.05, 4.69) is 19.2 Å². The highest BCUT2D eigenvalue weighted by atomic mass is 31.2. The molecule has 0 spiro atoms. The topological polar surface area (TPSA) is 105 Å². The van der Waals surface area contributed by atoms with Gasteiger partial charge in [-0.25, -0.2) is 4.57 Å². The second kappa shape index (κ2) is 56.9. The number of phosphoric ester groups is 1. The summed E-state index contributed by atoms with van der Waals surface area (Å²) in [4.78, 5) is 23.4. The first-order chi connectivity index (χ1) is 36.0. The van der Waals surface area contributed by atoms with Crippen molar-refractivity contribution in [3.63, 3.8) is 0 Å². The monoisotopic (exact) mass is 1070 g/mol. The predicted octanol–water partition coefficient (Wildman–Crippen LogP) is 20.6. The van der Waals surface area contributed by atoms with Gasteiger partial charge in [0.25, 0.3) is 0 Å². The lowest BCUT2D eigenvalue weighted by Gasteiger charge is -2.25. The zero-order chi connectivity index (χ0) is 54.2. The van der Waals surface area contributed by atoms with Gasteiger partial charge in [0.15, 0.2) is 0 Å². The van der Waals surface area contributed by atoms with Gasteiger partial charge in [-0.05, 0) is 19.3 Å². The van der Waals surface area contributed by atoms with Gasteiger partial charge in [0.1, 0.15) is 13.2 Å². The Bertz CT molecular complexity index is 1210. The summed E-state index contributed by atoms with van der Waals surface area (Å²) in [5.74, 6) is -0.168. The average molecular weight is 1070 g/mol. The van der Waals surface area contributed by atoms with Gasteiger partial charge in [0.05, 0.1) is 39.9 Å². The fourth-order valence-electron chi connectivity index (χ4n) is 10.3. The van der Waals surface area contributed by atoms with Crippen LogP contribution in [-0.2, 0) is 18.4 Å². The number of likely N-dealkylation sites (N-methyl/N-ethyl adjacent to an activating group) is 1. The maximum Gasteiger partial charge on any atom is 0.472 e. The van der Waals surface area contributed by atoms with E-state index >= 15 is 0 Å². The lowest BCUT2D eigenvalue weighted by molar-refractivity contribution is -0.870. The zero-order valence-corrected chi connectivity index (χ0v) is 51.5. The van der Waals surface area contributed by atoms with Crippen LogP contribution in [-0.4, -0.2) is 73.4 Å². The van der Waals surface area contributed by atoms with Gasteiger partial charge >= 0.3 is 7.82 Å². The molecule has 3 unspecified atom stereocenters. The van der Waals surface area contributed by atoms with Crippen LogP contribution < -0.4 is 5.32 Å². The third-order valence-corrected chi connectivity index (χ3v) is 16.5. The molecule has 3 atom stereocenters. The van der Waals surface area contributed by atoms with E-state index < -0.39 is 20.0 Å². The molecule has 0 aromatic rings. The molecule has 0 aliphatic heterocycles. The van der Waals surface area contributed by atoms with Crippen LogP contribution in [0.3, 0.4) is 0 Å². The van der Waals surface area contributed by atoms with Gasteiger partial charge in [-0.3, -0.25) is 13.8 Å². The number of quaternary nitrogens is 1. The highest BCUT2D eigenvalue weighted by Gasteiger charge is 2.28. The summed E-state index contributed by atoms with van der Waals surface area (Å²) < 4.78 is 23.8. The van der Waals surface area contributed by atoms with Crippen LogP contribution in [0.1, 0.15) is 348 Å². The number of hydrogen-bond acceptors (Lipinski definition) is 5. The molecule has 0 aliphatic rings. The number of phosphoric acid groups is 1. The van der Waals surface area contributed by atoms with Crippen molar-refractivity contribution in [2.75, 3.05) is 40.9 Å². The van der Waals surface area contributed by atoms with Crippen molar-refractivity contribution in [1.29, 1.82) is 0 Å². The van der Waals surface area contributed by atoms with Crippen LogP contribution in [0, 0.1) is 0 Å². The fourth-order valence-corrected chi connectivity index (χ4v) is 11.1. The molecule has 0 aromatic heterocycles. The first-order valence-corrected chi connectivity index (χ1v) is 34.6. The molecule has 0 saturated carbocycles. The molecule has 9 heteroatoms. The Morgan fingerprint density at radius 2 is 0.716 bits per heavy atom. The van der Waals surface area contributed by atoms with Crippen molar-refractivity contribution in [1.82, 2.24) is 5.32 Å². The summed E-state index contributed by atoms with van der Waals surface area (Å²) in [5, 5.41) is 14.0. The molecule has 0 radical (unpaired) electrons. The Labute approximate surface area is 462 Å². The first kappa shape index (κ1) is 73.2. The van der Waals surface area contributed by atoms with E-state index in [-0.39, 0.29) is 19.1 Å². The average Bonchev–Trinajstić information content (AvgIpc) is 3.36. The molecule has 0 rings (SSSR count). The van der Waals surface area contributed by atoms with Crippen molar-refractivity contribution in [3.05, 3.63) is 12.2 Å². The number of amides is 1. The first-order valence-electron chi connectivity index (χ1n) is 33.1. The van der Waals surface area contributed by atoms with E-state index in [0.29, 0.717) is 17.4 Å². The Hall–Kier alpha value is -0.760. The Kier molecular flexibility index (Phi) is 56.4. The molecule has 74 heavy (non-hydrogen) atoms. The third kappa shape index (κ3) is 58.9. The quantitative estimate of drug-likeness (QED) is 0.0243. The van der Waals surface area contributed by atoms with Gasteiger partial charge in [-0.15, -0.1) is 0 Å².